The van der Waals surface area contributed by atoms with Crippen molar-refractivity contribution in [1.82, 2.24) is 9.80 Å². The Hall–Kier alpha value is -2.95. The second-order valence-corrected chi connectivity index (χ2v) is 7.91. The van der Waals surface area contributed by atoms with Crippen LogP contribution < -0.4 is 0 Å². The molecule has 0 aliphatic carbocycles. The van der Waals surface area contributed by atoms with Crippen LogP contribution >= 0.6 is 0 Å². The molecule has 2 aliphatic heterocycles. The van der Waals surface area contributed by atoms with Gasteiger partial charge in [-0.15, -0.1) is 0 Å². The number of benzene rings is 2. The lowest BCUT2D eigenvalue weighted by Gasteiger charge is -2.33. The summed E-state index contributed by atoms with van der Waals surface area (Å²) in [6.07, 6.45) is 2.98. The fourth-order valence-corrected chi connectivity index (χ4v) is 4.25. The van der Waals surface area contributed by atoms with Crippen LogP contribution in [-0.4, -0.2) is 53.6 Å². The van der Waals surface area contributed by atoms with E-state index in [4.69, 9.17) is 0 Å². The average Bonchev–Trinajstić information content (AvgIpc) is 3.18. The van der Waals surface area contributed by atoms with Crippen LogP contribution in [0.25, 0.3) is 11.1 Å². The summed E-state index contributed by atoms with van der Waals surface area (Å²) < 4.78 is 0. The average molecular weight is 390 g/mol. The number of carbonyl (C=O) groups excluding carboxylic acids is 3. The molecule has 0 saturated carbocycles. The van der Waals surface area contributed by atoms with Gasteiger partial charge in [-0.25, -0.2) is 0 Å². The van der Waals surface area contributed by atoms with Crippen LogP contribution in [0.2, 0.25) is 0 Å². The molecule has 2 heterocycles. The molecule has 4 rings (SSSR count). The highest BCUT2D eigenvalue weighted by Gasteiger charge is 2.31. The van der Waals surface area contributed by atoms with Gasteiger partial charge in [0, 0.05) is 37.5 Å². The van der Waals surface area contributed by atoms with Crippen LogP contribution in [0.5, 0.6) is 0 Å². The Kier molecular flexibility index (Phi) is 5.74. The molecular formula is C24H26N2O3. The van der Waals surface area contributed by atoms with E-state index in [1.807, 2.05) is 54.6 Å². The van der Waals surface area contributed by atoms with Gasteiger partial charge in [-0.1, -0.05) is 54.6 Å². The zero-order valence-corrected chi connectivity index (χ0v) is 16.5. The van der Waals surface area contributed by atoms with Crippen molar-refractivity contribution in [2.24, 2.45) is 5.92 Å². The number of piperidine rings is 1. The molecule has 0 unspecified atom stereocenters. The van der Waals surface area contributed by atoms with Gasteiger partial charge in [0.05, 0.1) is 6.54 Å². The van der Waals surface area contributed by atoms with Gasteiger partial charge >= 0.3 is 0 Å². The number of amides is 2. The van der Waals surface area contributed by atoms with Crippen molar-refractivity contribution >= 4 is 17.6 Å². The smallest absolute Gasteiger partial charge is 0.242 e. The number of rotatable bonds is 5. The van der Waals surface area contributed by atoms with E-state index in [-0.39, 0.29) is 30.1 Å². The number of Topliss-reactive ketones (excluding diaryl/α,β-unsaturated/α-hetero) is 1. The summed E-state index contributed by atoms with van der Waals surface area (Å²) >= 11 is 0. The van der Waals surface area contributed by atoms with Crippen LogP contribution in [0.3, 0.4) is 0 Å². The molecule has 29 heavy (non-hydrogen) atoms. The predicted octanol–water partition coefficient (Wildman–Crippen LogP) is 3.40. The molecule has 5 nitrogen and oxygen atoms in total. The van der Waals surface area contributed by atoms with E-state index in [2.05, 4.69) is 0 Å². The molecule has 1 atom stereocenters. The topological polar surface area (TPSA) is 57.7 Å². The summed E-state index contributed by atoms with van der Waals surface area (Å²) in [4.78, 5) is 40.8. The maximum atomic E-state index is 13.0. The Labute approximate surface area is 171 Å². The van der Waals surface area contributed by atoms with Crippen molar-refractivity contribution in [3.63, 3.8) is 0 Å². The van der Waals surface area contributed by atoms with E-state index in [1.165, 1.54) is 0 Å². The standard InChI is InChI=1S/C24H26N2O3/c27-22-9-5-15-26(22)17-23(28)25-14-4-8-21(16-25)24(29)20-12-10-19(11-13-20)18-6-2-1-3-7-18/h1-3,6-7,10-13,21H,4-5,8-9,14-17H2/t21-/m1/s1. The van der Waals surface area contributed by atoms with Crippen molar-refractivity contribution in [2.45, 2.75) is 25.7 Å². The number of nitrogens with zero attached hydrogens (tertiary/aromatic N) is 2. The van der Waals surface area contributed by atoms with E-state index < -0.39 is 0 Å². The minimum absolute atomic E-state index is 0.0443. The van der Waals surface area contributed by atoms with E-state index in [0.29, 0.717) is 31.6 Å². The van der Waals surface area contributed by atoms with E-state index >= 15 is 0 Å². The van der Waals surface area contributed by atoms with Crippen LogP contribution in [0.15, 0.2) is 54.6 Å². The molecule has 2 fully saturated rings. The van der Waals surface area contributed by atoms with Crippen LogP contribution in [0.1, 0.15) is 36.0 Å². The summed E-state index contributed by atoms with van der Waals surface area (Å²) in [5.74, 6) is -0.0671. The van der Waals surface area contributed by atoms with Crippen molar-refractivity contribution in [3.05, 3.63) is 60.2 Å². The number of hydrogen-bond donors (Lipinski definition) is 0. The normalized spacial score (nSPS) is 19.4. The Bertz CT molecular complexity index is 892. The molecule has 0 bridgehead atoms. The molecule has 2 aliphatic rings. The lowest BCUT2D eigenvalue weighted by atomic mass is 9.89. The number of ketones is 1. The highest BCUT2D eigenvalue weighted by molar-refractivity contribution is 5.98. The van der Waals surface area contributed by atoms with Crippen molar-refractivity contribution in [3.8, 4) is 11.1 Å². The maximum absolute atomic E-state index is 13.0. The van der Waals surface area contributed by atoms with Crippen molar-refractivity contribution in [2.75, 3.05) is 26.2 Å². The number of likely N-dealkylation sites (tertiary alicyclic amines) is 2. The third-order valence-corrected chi connectivity index (χ3v) is 5.92. The molecule has 2 amide bonds. The molecule has 0 N–H and O–H groups in total. The zero-order chi connectivity index (χ0) is 20.2. The molecule has 0 spiro atoms. The molecule has 5 heteroatoms. The van der Waals surface area contributed by atoms with Crippen LogP contribution in [-0.2, 0) is 9.59 Å². The third kappa shape index (κ3) is 4.39. The summed E-state index contributed by atoms with van der Waals surface area (Å²) in [6.45, 7) is 1.91. The largest absolute Gasteiger partial charge is 0.340 e. The van der Waals surface area contributed by atoms with E-state index in [1.54, 1.807) is 9.80 Å². The minimum atomic E-state index is -0.176. The first kappa shape index (κ1) is 19.4. The zero-order valence-electron chi connectivity index (χ0n) is 16.5. The first-order valence-electron chi connectivity index (χ1n) is 10.4. The Morgan fingerprint density at radius 1 is 0.897 bits per heavy atom. The molecule has 2 aromatic rings. The maximum Gasteiger partial charge on any atom is 0.242 e. The second-order valence-electron chi connectivity index (χ2n) is 7.91. The molecule has 0 aromatic heterocycles. The first-order valence-corrected chi connectivity index (χ1v) is 10.4. The Morgan fingerprint density at radius 2 is 1.62 bits per heavy atom. The minimum Gasteiger partial charge on any atom is -0.340 e. The van der Waals surface area contributed by atoms with Crippen LogP contribution in [0.4, 0.5) is 0 Å². The number of hydrogen-bond acceptors (Lipinski definition) is 3. The summed E-state index contributed by atoms with van der Waals surface area (Å²) in [5, 5.41) is 0. The Morgan fingerprint density at radius 3 is 2.31 bits per heavy atom. The lowest BCUT2D eigenvalue weighted by Crippen LogP contribution is -2.46. The third-order valence-electron chi connectivity index (χ3n) is 5.92. The van der Waals surface area contributed by atoms with E-state index in [0.717, 1.165) is 30.4 Å². The molecule has 150 valence electrons. The Balaban J connectivity index is 1.39. The van der Waals surface area contributed by atoms with Gasteiger partial charge in [-0.2, -0.15) is 0 Å². The lowest BCUT2D eigenvalue weighted by molar-refractivity contribution is -0.139. The molecule has 2 aromatic carbocycles. The van der Waals surface area contributed by atoms with Gasteiger partial charge in [0.15, 0.2) is 5.78 Å². The fraction of sp³-hybridized carbons (Fsp3) is 0.375. The quantitative estimate of drug-likeness (QED) is 0.736. The monoisotopic (exact) mass is 390 g/mol. The van der Waals surface area contributed by atoms with Gasteiger partial charge in [0.2, 0.25) is 11.8 Å². The van der Waals surface area contributed by atoms with Gasteiger partial charge in [0.25, 0.3) is 0 Å². The summed E-state index contributed by atoms with van der Waals surface area (Å²) in [7, 11) is 0. The van der Waals surface area contributed by atoms with Gasteiger partial charge in [0.1, 0.15) is 0 Å². The highest BCUT2D eigenvalue weighted by atomic mass is 16.2. The summed E-state index contributed by atoms with van der Waals surface area (Å²) in [5.41, 5.74) is 2.90. The van der Waals surface area contributed by atoms with Crippen molar-refractivity contribution < 1.29 is 14.4 Å². The van der Waals surface area contributed by atoms with Gasteiger partial charge < -0.3 is 9.80 Å². The molecule has 2 saturated heterocycles. The first-order chi connectivity index (χ1) is 14.1. The van der Waals surface area contributed by atoms with E-state index in [9.17, 15) is 14.4 Å². The van der Waals surface area contributed by atoms with Gasteiger partial charge in [-0.3, -0.25) is 14.4 Å². The number of carbonyl (C=O) groups is 3. The van der Waals surface area contributed by atoms with Gasteiger partial charge in [-0.05, 0) is 30.4 Å². The summed E-state index contributed by atoms with van der Waals surface area (Å²) in [6, 6.07) is 17.8. The molecule has 0 radical (unpaired) electrons. The van der Waals surface area contributed by atoms with Crippen molar-refractivity contribution in [1.29, 1.82) is 0 Å². The second kappa shape index (κ2) is 8.60. The van der Waals surface area contributed by atoms with Crippen LogP contribution in [0, 0.1) is 5.92 Å². The predicted molar refractivity (Wildman–Crippen MR) is 111 cm³/mol. The highest BCUT2D eigenvalue weighted by Crippen LogP contribution is 2.24. The molecular weight excluding hydrogens is 364 g/mol. The fourth-order valence-electron chi connectivity index (χ4n) is 4.25. The SMILES string of the molecule is O=C(c1ccc(-c2ccccc2)cc1)[C@@H]1CCCN(C(=O)CN2CCCC2=O)C1.